The van der Waals surface area contributed by atoms with E-state index in [-0.39, 0.29) is 40.6 Å². The molecule has 1 unspecified atom stereocenters. The maximum atomic E-state index is 12.2. The van der Waals surface area contributed by atoms with Gasteiger partial charge in [0.15, 0.2) is 0 Å². The summed E-state index contributed by atoms with van der Waals surface area (Å²) in [6.07, 6.45) is 2.30. The highest BCUT2D eigenvalue weighted by molar-refractivity contribution is 5.84. The van der Waals surface area contributed by atoms with Crippen LogP contribution in [0.2, 0.25) is 0 Å². The molecule has 0 fully saturated rings. The molecule has 0 aliphatic carbocycles. The van der Waals surface area contributed by atoms with Gasteiger partial charge in [-0.05, 0) is 65.8 Å². The Labute approximate surface area is 203 Å². The molecule has 0 heterocycles. The van der Waals surface area contributed by atoms with Crippen LogP contribution in [-0.4, -0.2) is 49.4 Å². The van der Waals surface area contributed by atoms with E-state index in [9.17, 15) is 14.4 Å². The number of nitrogens with one attached hydrogen (secondary N) is 2. The van der Waals surface area contributed by atoms with Gasteiger partial charge >= 0.3 is 0 Å². The van der Waals surface area contributed by atoms with Crippen LogP contribution in [0.25, 0.3) is 0 Å². The van der Waals surface area contributed by atoms with Crippen molar-refractivity contribution in [3.63, 3.8) is 0 Å². The van der Waals surface area contributed by atoms with Crippen LogP contribution in [-0.2, 0) is 19.1 Å². The second-order valence-electron chi connectivity index (χ2n) is 12.1. The summed E-state index contributed by atoms with van der Waals surface area (Å²) < 4.78 is 5.45. The second kappa shape index (κ2) is 14.7. The highest BCUT2D eigenvalue weighted by atomic mass is 16.5. The predicted molar refractivity (Wildman–Crippen MR) is 137 cm³/mol. The molecule has 0 saturated heterocycles. The lowest BCUT2D eigenvalue weighted by Gasteiger charge is -2.30. The third kappa shape index (κ3) is 17.6. The van der Waals surface area contributed by atoms with Gasteiger partial charge in [-0.2, -0.15) is 0 Å². The van der Waals surface area contributed by atoms with Crippen LogP contribution in [0.3, 0.4) is 0 Å². The quantitative estimate of drug-likeness (QED) is 0.375. The number of primary amides is 1. The zero-order chi connectivity index (χ0) is 26.6. The van der Waals surface area contributed by atoms with Crippen LogP contribution < -0.4 is 16.4 Å². The van der Waals surface area contributed by atoms with Gasteiger partial charge in [0.05, 0.1) is 23.7 Å². The van der Waals surface area contributed by atoms with Gasteiger partial charge in [-0.3, -0.25) is 14.4 Å². The lowest BCUT2D eigenvalue weighted by molar-refractivity contribution is -0.132. The fraction of sp³-hybridized carbons (Fsp3) is 0.885. The smallest absolute Gasteiger partial charge is 0.237 e. The summed E-state index contributed by atoms with van der Waals surface area (Å²) in [7, 11) is 1.81. The molecular weight excluding hydrogens is 418 g/mol. The van der Waals surface area contributed by atoms with Crippen molar-refractivity contribution >= 4 is 17.6 Å². The molecule has 7 nitrogen and oxygen atoms in total. The Bertz CT molecular complexity index is 605. The molecular formula is C26H53N3O4. The van der Waals surface area contributed by atoms with Crippen molar-refractivity contribution in [3.8, 4) is 0 Å². The van der Waals surface area contributed by atoms with Gasteiger partial charge < -0.3 is 21.1 Å². The van der Waals surface area contributed by atoms with E-state index in [0.29, 0.717) is 25.5 Å². The molecule has 4 N–H and O–H groups in total. The van der Waals surface area contributed by atoms with Gasteiger partial charge in [0.25, 0.3) is 0 Å². The SMILES string of the molecule is CC(C)(C)OCC(C)(C)C(N)=O.CNC(CC(C)(C)CC(C)C)C(=O)NCCC(=O)C(C)C. The highest BCUT2D eigenvalue weighted by Crippen LogP contribution is 2.30. The van der Waals surface area contributed by atoms with E-state index < -0.39 is 5.41 Å². The van der Waals surface area contributed by atoms with Crippen LogP contribution in [0.4, 0.5) is 0 Å². The number of carbonyl (C=O) groups excluding carboxylic acids is 3. The molecule has 0 aromatic carbocycles. The topological polar surface area (TPSA) is 111 Å². The van der Waals surface area contributed by atoms with E-state index in [1.807, 2.05) is 41.7 Å². The minimum Gasteiger partial charge on any atom is -0.375 e. The number of rotatable bonds is 13. The summed E-state index contributed by atoms with van der Waals surface area (Å²) in [5, 5.41) is 5.97. The third-order valence-electron chi connectivity index (χ3n) is 5.23. The molecule has 0 rings (SSSR count). The number of nitrogens with two attached hydrogens (primary N) is 1. The maximum absolute atomic E-state index is 12.2. The number of hydrogen-bond acceptors (Lipinski definition) is 5. The van der Waals surface area contributed by atoms with E-state index in [1.54, 1.807) is 13.8 Å². The summed E-state index contributed by atoms with van der Waals surface area (Å²) in [4.78, 5) is 34.6. The minimum atomic E-state index is -0.576. The number of ketones is 1. The first kappa shape index (κ1) is 33.7. The Hall–Kier alpha value is -1.47. The number of likely N-dealkylation sites (N-methyl/N-ethyl adjacent to an activating group) is 1. The number of amides is 2. The Morgan fingerprint density at radius 1 is 0.909 bits per heavy atom. The van der Waals surface area contributed by atoms with Crippen molar-refractivity contribution in [2.24, 2.45) is 28.4 Å². The van der Waals surface area contributed by atoms with Crippen molar-refractivity contribution in [3.05, 3.63) is 0 Å². The van der Waals surface area contributed by atoms with Gasteiger partial charge in [-0.15, -0.1) is 0 Å². The summed E-state index contributed by atoms with van der Waals surface area (Å²) in [5.41, 5.74) is 4.51. The summed E-state index contributed by atoms with van der Waals surface area (Å²) >= 11 is 0. The van der Waals surface area contributed by atoms with Crippen LogP contribution in [0, 0.1) is 22.7 Å². The second-order valence-corrected chi connectivity index (χ2v) is 12.1. The van der Waals surface area contributed by atoms with E-state index in [1.165, 1.54) is 0 Å². The average molecular weight is 472 g/mol. The number of carbonyl (C=O) groups is 3. The minimum absolute atomic E-state index is 0.00844. The predicted octanol–water partition coefficient (Wildman–Crippen LogP) is 4.08. The molecule has 0 spiro atoms. The molecule has 196 valence electrons. The van der Waals surface area contributed by atoms with Crippen molar-refractivity contribution in [2.75, 3.05) is 20.2 Å². The fourth-order valence-electron chi connectivity index (χ4n) is 3.26. The molecule has 2 amide bonds. The number of Topliss-reactive ketones (excluding diaryl/α,β-unsaturated/α-hetero) is 1. The Morgan fingerprint density at radius 3 is 1.79 bits per heavy atom. The standard InChI is InChI=1S/C17H34N2O2.C9H19NO2/c1-12(2)10-17(5,6)11-14(18-7)16(21)19-9-8-15(20)13(3)4;1-8(2,3)12-6-9(4,5)7(10)11/h12-14,18H,8-11H2,1-7H3,(H,19,21);6H2,1-5H3,(H2,10,11). The first-order chi connectivity index (χ1) is 14.7. The van der Waals surface area contributed by atoms with Gasteiger partial charge in [-0.1, -0.05) is 41.5 Å². The van der Waals surface area contributed by atoms with Crippen LogP contribution >= 0.6 is 0 Å². The number of hydrogen-bond donors (Lipinski definition) is 3. The highest BCUT2D eigenvalue weighted by Gasteiger charge is 2.28. The van der Waals surface area contributed by atoms with E-state index in [2.05, 4.69) is 38.3 Å². The average Bonchev–Trinajstić information content (AvgIpc) is 2.63. The van der Waals surface area contributed by atoms with Crippen LogP contribution in [0.5, 0.6) is 0 Å². The fourth-order valence-corrected chi connectivity index (χ4v) is 3.26. The maximum Gasteiger partial charge on any atom is 0.237 e. The molecule has 0 aromatic heterocycles. The molecule has 0 aromatic rings. The first-order valence-corrected chi connectivity index (χ1v) is 12.2. The van der Waals surface area contributed by atoms with Gasteiger partial charge in [0.2, 0.25) is 11.8 Å². The summed E-state index contributed by atoms with van der Waals surface area (Å²) in [6.45, 7) is 22.8. The van der Waals surface area contributed by atoms with Gasteiger partial charge in [-0.25, -0.2) is 0 Å². The van der Waals surface area contributed by atoms with E-state index in [4.69, 9.17) is 10.5 Å². The largest absolute Gasteiger partial charge is 0.375 e. The van der Waals surface area contributed by atoms with E-state index >= 15 is 0 Å². The van der Waals surface area contributed by atoms with Crippen molar-refractivity contribution in [1.82, 2.24) is 10.6 Å². The monoisotopic (exact) mass is 471 g/mol. The summed E-state index contributed by atoms with van der Waals surface area (Å²) in [5.74, 6) is 0.505. The molecule has 0 bridgehead atoms. The van der Waals surface area contributed by atoms with Gasteiger partial charge in [0, 0.05) is 18.9 Å². The van der Waals surface area contributed by atoms with Crippen molar-refractivity contribution in [1.29, 1.82) is 0 Å². The molecule has 0 radical (unpaired) electrons. The lowest BCUT2D eigenvalue weighted by atomic mass is 9.78. The Balaban J connectivity index is 0. The van der Waals surface area contributed by atoms with Crippen LogP contribution in [0.1, 0.15) is 95.4 Å². The molecule has 1 atom stereocenters. The van der Waals surface area contributed by atoms with Gasteiger partial charge in [0.1, 0.15) is 5.78 Å². The third-order valence-corrected chi connectivity index (χ3v) is 5.23. The Morgan fingerprint density at radius 2 is 1.42 bits per heavy atom. The Kier molecular flexibility index (Phi) is 15.0. The van der Waals surface area contributed by atoms with E-state index in [0.717, 1.165) is 12.8 Å². The lowest BCUT2D eigenvalue weighted by Crippen LogP contribution is -2.45. The van der Waals surface area contributed by atoms with Crippen LogP contribution in [0.15, 0.2) is 0 Å². The molecule has 33 heavy (non-hydrogen) atoms. The normalized spacial score (nSPS) is 13.4. The number of ether oxygens (including phenoxy) is 1. The zero-order valence-corrected chi connectivity index (χ0v) is 23.5. The molecule has 7 heteroatoms. The molecule has 0 aliphatic rings. The first-order valence-electron chi connectivity index (χ1n) is 12.2. The zero-order valence-electron chi connectivity index (χ0n) is 23.5. The van der Waals surface area contributed by atoms with Crippen molar-refractivity contribution in [2.45, 2.75) is 107 Å². The van der Waals surface area contributed by atoms with Crippen molar-refractivity contribution < 1.29 is 19.1 Å². The molecule has 0 aliphatic heterocycles. The molecule has 0 saturated carbocycles. The summed E-state index contributed by atoms with van der Waals surface area (Å²) in [6, 6.07) is -0.201.